The molecule has 0 amide bonds. The molecule has 0 saturated carbocycles. The highest BCUT2D eigenvalue weighted by Gasteiger charge is 2.45. The summed E-state index contributed by atoms with van der Waals surface area (Å²) in [6.07, 6.45) is -2.66. The van der Waals surface area contributed by atoms with E-state index in [0.29, 0.717) is 0 Å². The minimum absolute atomic E-state index is 0.153. The number of Topliss-reactive ketones (excluding diaryl/α,β-unsaturated/α-hetero) is 1. The average Bonchev–Trinajstić information content (AvgIpc) is 2.79. The maximum absolute atomic E-state index is 12.0. The molecule has 0 spiro atoms. The molecule has 104 valence electrons. The summed E-state index contributed by atoms with van der Waals surface area (Å²) in [6.45, 7) is 7.28. The predicted molar refractivity (Wildman–Crippen MR) is 60.8 cm³/mol. The van der Waals surface area contributed by atoms with Crippen LogP contribution in [0.5, 0.6) is 0 Å². The molecule has 0 aromatic heterocycles. The number of aliphatic hydroxyl groups excluding tert-OH is 1. The summed E-state index contributed by atoms with van der Waals surface area (Å²) in [5, 5.41) is 9.99. The molecule has 2 heterocycles. The van der Waals surface area contributed by atoms with E-state index in [-0.39, 0.29) is 13.2 Å². The van der Waals surface area contributed by atoms with E-state index >= 15 is 0 Å². The lowest BCUT2D eigenvalue weighted by molar-refractivity contribution is -0.169. The van der Waals surface area contributed by atoms with E-state index in [1.54, 1.807) is 27.7 Å². The molecule has 0 aliphatic carbocycles. The average molecular weight is 260 g/mol. The van der Waals surface area contributed by atoms with Gasteiger partial charge in [0.2, 0.25) is 0 Å². The number of ketones is 1. The van der Waals surface area contributed by atoms with Crippen LogP contribution in [0.3, 0.4) is 0 Å². The summed E-state index contributed by atoms with van der Waals surface area (Å²) < 4.78 is 21.5. The Morgan fingerprint density at radius 3 is 2.11 bits per heavy atom. The van der Waals surface area contributed by atoms with Crippen molar-refractivity contribution in [1.29, 1.82) is 0 Å². The minimum Gasteiger partial charge on any atom is -0.382 e. The van der Waals surface area contributed by atoms with Crippen LogP contribution in [0, 0.1) is 0 Å². The van der Waals surface area contributed by atoms with Crippen molar-refractivity contribution in [2.45, 2.75) is 57.6 Å². The van der Waals surface area contributed by atoms with E-state index in [0.717, 1.165) is 0 Å². The molecule has 0 radical (unpaired) electrons. The number of aliphatic hydroxyl groups is 1. The zero-order valence-electron chi connectivity index (χ0n) is 11.1. The van der Waals surface area contributed by atoms with Gasteiger partial charge in [0.25, 0.3) is 0 Å². The lowest BCUT2D eigenvalue weighted by atomic mass is 10.1. The first-order valence-electron chi connectivity index (χ1n) is 6.05. The SMILES string of the molecule is CC1(C)OC[C@H](C(=O)[C@H](O)[C@H]2COC(C)(C)O2)O1. The van der Waals surface area contributed by atoms with Crippen molar-refractivity contribution < 1.29 is 28.8 Å². The van der Waals surface area contributed by atoms with Crippen LogP contribution in [0.4, 0.5) is 0 Å². The van der Waals surface area contributed by atoms with Gasteiger partial charge in [-0.1, -0.05) is 0 Å². The summed E-state index contributed by atoms with van der Waals surface area (Å²) in [4.78, 5) is 12.0. The van der Waals surface area contributed by atoms with Gasteiger partial charge in [-0.25, -0.2) is 0 Å². The number of hydrogen-bond donors (Lipinski definition) is 1. The van der Waals surface area contributed by atoms with Gasteiger partial charge in [0, 0.05) is 0 Å². The van der Waals surface area contributed by atoms with Crippen LogP contribution in [0.25, 0.3) is 0 Å². The first-order chi connectivity index (χ1) is 8.20. The third-order valence-corrected chi connectivity index (χ3v) is 3.00. The van der Waals surface area contributed by atoms with Gasteiger partial charge in [0.1, 0.15) is 18.3 Å². The van der Waals surface area contributed by atoms with Crippen molar-refractivity contribution in [2.24, 2.45) is 0 Å². The van der Waals surface area contributed by atoms with Crippen LogP contribution in [-0.2, 0) is 23.7 Å². The third-order valence-electron chi connectivity index (χ3n) is 3.00. The maximum atomic E-state index is 12.0. The lowest BCUT2D eigenvalue weighted by Gasteiger charge is -2.22. The monoisotopic (exact) mass is 260 g/mol. The highest BCUT2D eigenvalue weighted by atomic mass is 16.8. The van der Waals surface area contributed by atoms with E-state index < -0.39 is 35.7 Å². The molecule has 1 N–H and O–H groups in total. The Labute approximate surface area is 106 Å². The van der Waals surface area contributed by atoms with E-state index in [1.807, 2.05) is 0 Å². The minimum atomic E-state index is -1.26. The third kappa shape index (κ3) is 2.89. The number of hydrogen-bond acceptors (Lipinski definition) is 6. The fourth-order valence-electron chi connectivity index (χ4n) is 2.07. The van der Waals surface area contributed by atoms with Crippen molar-refractivity contribution >= 4 is 5.78 Å². The van der Waals surface area contributed by atoms with Gasteiger partial charge < -0.3 is 24.1 Å². The van der Waals surface area contributed by atoms with Gasteiger partial charge in [0.05, 0.1) is 13.2 Å². The molecule has 0 aromatic carbocycles. The van der Waals surface area contributed by atoms with Crippen molar-refractivity contribution in [3.63, 3.8) is 0 Å². The summed E-state index contributed by atoms with van der Waals surface area (Å²) in [5.74, 6) is -1.98. The molecule has 18 heavy (non-hydrogen) atoms. The van der Waals surface area contributed by atoms with Crippen LogP contribution in [0.15, 0.2) is 0 Å². The lowest BCUT2D eigenvalue weighted by Crippen LogP contribution is -2.43. The second-order valence-corrected chi connectivity index (χ2v) is 5.53. The van der Waals surface area contributed by atoms with Gasteiger partial charge in [-0.15, -0.1) is 0 Å². The Balaban J connectivity index is 1.94. The van der Waals surface area contributed by atoms with Gasteiger partial charge in [-0.05, 0) is 27.7 Å². The topological polar surface area (TPSA) is 74.2 Å². The second-order valence-electron chi connectivity index (χ2n) is 5.53. The Bertz CT molecular complexity index is 337. The largest absolute Gasteiger partial charge is 0.382 e. The molecular weight excluding hydrogens is 240 g/mol. The molecule has 6 heteroatoms. The van der Waals surface area contributed by atoms with Crippen molar-refractivity contribution in [1.82, 2.24) is 0 Å². The van der Waals surface area contributed by atoms with Crippen molar-refractivity contribution in [3.05, 3.63) is 0 Å². The van der Waals surface area contributed by atoms with E-state index in [2.05, 4.69) is 0 Å². The maximum Gasteiger partial charge on any atom is 0.195 e. The first kappa shape index (κ1) is 13.9. The highest BCUT2D eigenvalue weighted by molar-refractivity contribution is 5.88. The summed E-state index contributed by atoms with van der Waals surface area (Å²) in [6, 6.07) is 0. The fraction of sp³-hybridized carbons (Fsp3) is 0.917. The molecule has 2 aliphatic rings. The van der Waals surface area contributed by atoms with Crippen LogP contribution >= 0.6 is 0 Å². The molecule has 0 aromatic rings. The zero-order valence-corrected chi connectivity index (χ0v) is 11.1. The zero-order chi connectivity index (χ0) is 13.6. The molecule has 0 bridgehead atoms. The van der Waals surface area contributed by atoms with E-state index in [1.165, 1.54) is 0 Å². The van der Waals surface area contributed by atoms with E-state index in [9.17, 15) is 9.90 Å². The molecule has 2 fully saturated rings. The smallest absolute Gasteiger partial charge is 0.195 e. The standard InChI is InChI=1S/C12H20O6/c1-11(2)15-5-7(17-11)9(13)10(14)8-6-16-12(3,4)18-8/h7-9,13H,5-6H2,1-4H3/t7-,8-,9-/m1/s1. The molecule has 3 atom stereocenters. The molecule has 2 saturated heterocycles. The number of rotatable bonds is 3. The predicted octanol–water partition coefficient (Wildman–Crippen LogP) is 0.219. The second kappa shape index (κ2) is 4.54. The van der Waals surface area contributed by atoms with Gasteiger partial charge in [-0.2, -0.15) is 0 Å². The summed E-state index contributed by atoms with van der Waals surface area (Å²) in [7, 11) is 0. The molecule has 6 nitrogen and oxygen atoms in total. The van der Waals surface area contributed by atoms with Crippen LogP contribution < -0.4 is 0 Å². The van der Waals surface area contributed by atoms with Gasteiger partial charge in [0.15, 0.2) is 17.4 Å². The van der Waals surface area contributed by atoms with Crippen LogP contribution in [-0.4, -0.2) is 54.0 Å². The van der Waals surface area contributed by atoms with E-state index in [4.69, 9.17) is 18.9 Å². The van der Waals surface area contributed by atoms with Crippen LogP contribution in [0.2, 0.25) is 0 Å². The number of carbonyl (C=O) groups excluding carboxylic acids is 1. The van der Waals surface area contributed by atoms with Crippen LogP contribution in [0.1, 0.15) is 27.7 Å². The summed E-state index contributed by atoms with van der Waals surface area (Å²) in [5.41, 5.74) is 0. The molecule has 2 aliphatic heterocycles. The Morgan fingerprint density at radius 2 is 1.67 bits per heavy atom. The quantitative estimate of drug-likeness (QED) is 0.782. The normalized spacial score (nSPS) is 35.6. The van der Waals surface area contributed by atoms with Gasteiger partial charge in [-0.3, -0.25) is 4.79 Å². The number of carbonyl (C=O) groups is 1. The molecular formula is C12H20O6. The van der Waals surface area contributed by atoms with Crippen molar-refractivity contribution in [2.75, 3.05) is 13.2 Å². The number of ether oxygens (including phenoxy) is 4. The molecule has 0 unspecified atom stereocenters. The molecule has 2 rings (SSSR count). The Hall–Kier alpha value is -0.530. The highest BCUT2D eigenvalue weighted by Crippen LogP contribution is 2.28. The van der Waals surface area contributed by atoms with Gasteiger partial charge >= 0.3 is 0 Å². The fourth-order valence-corrected chi connectivity index (χ4v) is 2.07. The Kier molecular flexibility index (Phi) is 3.50. The van der Waals surface area contributed by atoms with Crippen molar-refractivity contribution in [3.8, 4) is 0 Å². The summed E-state index contributed by atoms with van der Waals surface area (Å²) >= 11 is 0. The first-order valence-corrected chi connectivity index (χ1v) is 6.05. The Morgan fingerprint density at radius 1 is 1.11 bits per heavy atom.